The van der Waals surface area contributed by atoms with Crippen molar-refractivity contribution >= 4 is 18.0 Å². The van der Waals surface area contributed by atoms with Gasteiger partial charge in [-0.2, -0.15) is 0 Å². The van der Waals surface area contributed by atoms with Gasteiger partial charge in [0.15, 0.2) is 0 Å². The van der Waals surface area contributed by atoms with Crippen molar-refractivity contribution in [3.63, 3.8) is 0 Å². The monoisotopic (exact) mass is 454 g/mol. The van der Waals surface area contributed by atoms with E-state index in [0.29, 0.717) is 6.42 Å². The predicted molar refractivity (Wildman–Crippen MR) is 123 cm³/mol. The van der Waals surface area contributed by atoms with Gasteiger partial charge in [0.2, 0.25) is 5.91 Å². The van der Waals surface area contributed by atoms with E-state index in [2.05, 4.69) is 5.32 Å². The van der Waals surface area contributed by atoms with Crippen LogP contribution in [0.3, 0.4) is 0 Å². The molecule has 0 aromatic heterocycles. The molecule has 1 aliphatic carbocycles. The number of carboxylic acids is 1. The van der Waals surface area contributed by atoms with Gasteiger partial charge in [0.05, 0.1) is 6.10 Å². The number of fused-ring (bicyclic) bond motifs is 3. The molecule has 0 heterocycles. The Hall–Kier alpha value is -3.39. The molecule has 3 rings (SSSR count). The number of alkyl carbamates (subject to hydrolysis) is 1. The van der Waals surface area contributed by atoms with E-state index < -0.39 is 36.7 Å². The molecule has 2 amide bonds. The van der Waals surface area contributed by atoms with Crippen LogP contribution in [0.25, 0.3) is 11.1 Å². The fourth-order valence-electron chi connectivity index (χ4n) is 4.18. The Kier molecular flexibility index (Phi) is 8.06. The number of hydrogen-bond acceptors (Lipinski definition) is 5. The lowest BCUT2D eigenvalue weighted by Crippen LogP contribution is -2.55. The molecule has 176 valence electrons. The highest BCUT2D eigenvalue weighted by molar-refractivity contribution is 5.88. The molecule has 0 bridgehead atoms. The molecule has 8 heteroatoms. The molecule has 0 spiro atoms. The lowest BCUT2D eigenvalue weighted by molar-refractivity contribution is -0.146. The summed E-state index contributed by atoms with van der Waals surface area (Å²) >= 11 is 0. The normalized spacial score (nSPS) is 14.0. The average Bonchev–Trinajstić information content (AvgIpc) is 3.13. The summed E-state index contributed by atoms with van der Waals surface area (Å²) in [6.07, 6.45) is -0.852. The topological polar surface area (TPSA) is 105 Å². The first-order valence-corrected chi connectivity index (χ1v) is 11.0. The molecule has 0 aliphatic heterocycles. The van der Waals surface area contributed by atoms with Crippen molar-refractivity contribution in [2.24, 2.45) is 0 Å². The molecule has 0 unspecified atom stereocenters. The molecule has 2 aromatic carbocycles. The third-order valence-corrected chi connectivity index (χ3v) is 5.86. The molecule has 0 saturated carbocycles. The van der Waals surface area contributed by atoms with E-state index in [9.17, 15) is 14.4 Å². The Morgan fingerprint density at radius 3 is 2.15 bits per heavy atom. The van der Waals surface area contributed by atoms with Gasteiger partial charge in [-0.15, -0.1) is 0 Å². The molecule has 2 N–H and O–H groups in total. The van der Waals surface area contributed by atoms with E-state index in [1.165, 1.54) is 12.0 Å². The molecule has 0 radical (unpaired) electrons. The minimum Gasteiger partial charge on any atom is -0.480 e. The summed E-state index contributed by atoms with van der Waals surface area (Å²) in [6, 6.07) is 14.9. The second-order valence-electron chi connectivity index (χ2n) is 8.04. The van der Waals surface area contributed by atoms with E-state index in [1.807, 2.05) is 55.5 Å². The van der Waals surface area contributed by atoms with E-state index in [0.717, 1.165) is 22.3 Å². The summed E-state index contributed by atoms with van der Waals surface area (Å²) in [6.45, 7) is 3.39. The number of rotatable bonds is 10. The first-order chi connectivity index (χ1) is 15.9. The van der Waals surface area contributed by atoms with Gasteiger partial charge in [-0.05, 0) is 35.6 Å². The lowest BCUT2D eigenvalue weighted by Gasteiger charge is -2.29. The molecule has 33 heavy (non-hydrogen) atoms. The van der Waals surface area contributed by atoms with Crippen LogP contribution in [0.5, 0.6) is 0 Å². The molecule has 1 aliphatic rings. The van der Waals surface area contributed by atoms with Gasteiger partial charge in [-0.25, -0.2) is 4.79 Å². The van der Waals surface area contributed by atoms with Crippen LogP contribution in [0.4, 0.5) is 4.79 Å². The van der Waals surface area contributed by atoms with Crippen LogP contribution in [0, 0.1) is 0 Å². The molecule has 2 aromatic rings. The van der Waals surface area contributed by atoms with Crippen LogP contribution in [0.2, 0.25) is 0 Å². The number of benzene rings is 2. The van der Waals surface area contributed by atoms with Crippen molar-refractivity contribution in [1.82, 2.24) is 10.2 Å². The fourth-order valence-corrected chi connectivity index (χ4v) is 4.18. The van der Waals surface area contributed by atoms with Crippen LogP contribution < -0.4 is 5.32 Å². The van der Waals surface area contributed by atoms with Crippen molar-refractivity contribution in [1.29, 1.82) is 0 Å². The second-order valence-corrected chi connectivity index (χ2v) is 8.04. The summed E-state index contributed by atoms with van der Waals surface area (Å²) in [5.74, 6) is -1.76. The maximum atomic E-state index is 13.0. The second kappa shape index (κ2) is 11.0. The first-order valence-electron chi connectivity index (χ1n) is 11.0. The predicted octanol–water partition coefficient (Wildman–Crippen LogP) is 3.25. The summed E-state index contributed by atoms with van der Waals surface area (Å²) in [4.78, 5) is 38.1. The summed E-state index contributed by atoms with van der Waals surface area (Å²) in [5.41, 5.74) is 4.40. The van der Waals surface area contributed by atoms with Gasteiger partial charge >= 0.3 is 12.1 Å². The largest absolute Gasteiger partial charge is 0.480 e. The van der Waals surface area contributed by atoms with Gasteiger partial charge in [-0.1, -0.05) is 55.5 Å². The van der Waals surface area contributed by atoms with Gasteiger partial charge in [0.1, 0.15) is 19.2 Å². The standard InChI is InChI=1S/C25H30N2O6/c1-4-13-27(14-22(28)29)24(30)23(16(2)32-3)26-25(31)33-15-21-19-11-7-5-9-17(19)18-10-6-8-12-20(18)21/h5-12,16,21,23H,4,13-15H2,1-3H3,(H,26,31)(H,28,29)/t16-,23+/m1/s1. The Morgan fingerprint density at radius 2 is 1.64 bits per heavy atom. The van der Waals surface area contributed by atoms with Gasteiger partial charge in [-0.3, -0.25) is 9.59 Å². The molecular weight excluding hydrogens is 424 g/mol. The maximum absolute atomic E-state index is 13.0. The maximum Gasteiger partial charge on any atom is 0.407 e. The Morgan fingerprint density at radius 1 is 1.06 bits per heavy atom. The van der Waals surface area contributed by atoms with Crippen molar-refractivity contribution in [2.45, 2.75) is 38.3 Å². The van der Waals surface area contributed by atoms with E-state index in [1.54, 1.807) is 6.92 Å². The Balaban J connectivity index is 1.71. The van der Waals surface area contributed by atoms with Crippen LogP contribution in [0.15, 0.2) is 48.5 Å². The highest BCUT2D eigenvalue weighted by Crippen LogP contribution is 2.44. The van der Waals surface area contributed by atoms with E-state index in [-0.39, 0.29) is 19.1 Å². The highest BCUT2D eigenvalue weighted by atomic mass is 16.5. The summed E-state index contributed by atoms with van der Waals surface area (Å²) < 4.78 is 10.8. The number of hydrogen-bond donors (Lipinski definition) is 2. The SMILES string of the molecule is CCCN(CC(=O)O)C(=O)[C@@H](NC(=O)OCC1c2ccccc2-c2ccccc21)[C@@H](C)OC. The van der Waals surface area contributed by atoms with Crippen LogP contribution in [0.1, 0.15) is 37.3 Å². The van der Waals surface area contributed by atoms with Gasteiger partial charge < -0.3 is 24.8 Å². The zero-order valence-corrected chi connectivity index (χ0v) is 19.1. The number of aliphatic carboxylic acids is 1. The number of methoxy groups -OCH3 is 1. The number of nitrogens with one attached hydrogen (secondary N) is 1. The van der Waals surface area contributed by atoms with Gasteiger partial charge in [0.25, 0.3) is 0 Å². The number of carbonyl (C=O) groups excluding carboxylic acids is 2. The van der Waals surface area contributed by atoms with Crippen molar-refractivity contribution in [2.75, 3.05) is 26.8 Å². The minimum absolute atomic E-state index is 0.107. The molecular formula is C25H30N2O6. The fraction of sp³-hybridized carbons (Fsp3) is 0.400. The highest BCUT2D eigenvalue weighted by Gasteiger charge is 2.33. The van der Waals surface area contributed by atoms with Crippen molar-refractivity contribution in [3.05, 3.63) is 59.7 Å². The zero-order valence-electron chi connectivity index (χ0n) is 19.1. The summed E-state index contributed by atoms with van der Waals surface area (Å²) in [7, 11) is 1.42. The molecule has 8 nitrogen and oxygen atoms in total. The zero-order chi connectivity index (χ0) is 24.0. The first kappa shape index (κ1) is 24.3. The van der Waals surface area contributed by atoms with Gasteiger partial charge in [0, 0.05) is 19.6 Å². The number of nitrogens with zero attached hydrogens (tertiary/aromatic N) is 1. The molecule has 0 saturated heterocycles. The number of carboxylic acid groups (broad SMARTS) is 1. The van der Waals surface area contributed by atoms with Crippen LogP contribution >= 0.6 is 0 Å². The van der Waals surface area contributed by atoms with Crippen LogP contribution in [-0.2, 0) is 19.1 Å². The van der Waals surface area contributed by atoms with Crippen molar-refractivity contribution < 1.29 is 29.0 Å². The molecule has 0 fully saturated rings. The smallest absolute Gasteiger partial charge is 0.407 e. The quantitative estimate of drug-likeness (QED) is 0.571. The number of amides is 2. The number of ether oxygens (including phenoxy) is 2. The van der Waals surface area contributed by atoms with Crippen molar-refractivity contribution in [3.8, 4) is 11.1 Å². The third kappa shape index (κ3) is 5.51. The lowest BCUT2D eigenvalue weighted by atomic mass is 9.98. The third-order valence-electron chi connectivity index (χ3n) is 5.86. The Labute approximate surface area is 193 Å². The van der Waals surface area contributed by atoms with E-state index in [4.69, 9.17) is 14.6 Å². The molecule has 2 atom stereocenters. The van der Waals surface area contributed by atoms with E-state index >= 15 is 0 Å². The van der Waals surface area contributed by atoms with Crippen LogP contribution in [-0.4, -0.2) is 66.9 Å². The average molecular weight is 455 g/mol. The Bertz CT molecular complexity index is 962. The summed E-state index contributed by atoms with van der Waals surface area (Å²) in [5, 5.41) is 11.7. The number of carbonyl (C=O) groups is 3. The minimum atomic E-state index is -1.12.